The van der Waals surface area contributed by atoms with Crippen LogP contribution in [0.4, 0.5) is 0 Å². The van der Waals surface area contributed by atoms with E-state index in [1.807, 2.05) is 18.2 Å². The van der Waals surface area contributed by atoms with Crippen molar-refractivity contribution >= 4 is 0 Å². The lowest BCUT2D eigenvalue weighted by molar-refractivity contribution is 0.485. The van der Waals surface area contributed by atoms with Crippen LogP contribution in [0.25, 0.3) is 0 Å². The average Bonchev–Trinajstić information content (AvgIpc) is 2.40. The second-order valence-corrected chi connectivity index (χ2v) is 2.57. The molecule has 2 heteroatoms. The average molecular weight is 151 g/mol. The van der Waals surface area contributed by atoms with E-state index in [9.17, 15) is 0 Å². The zero-order valence-corrected chi connectivity index (χ0v) is 6.49. The molecule has 1 atom stereocenters. The van der Waals surface area contributed by atoms with Gasteiger partial charge >= 0.3 is 0 Å². The number of nitrogens with two attached hydrogens (primary N) is 1. The summed E-state index contributed by atoms with van der Waals surface area (Å²) < 4.78 is 5.14. The molecule has 1 unspecified atom stereocenters. The van der Waals surface area contributed by atoms with E-state index in [1.165, 1.54) is 0 Å². The van der Waals surface area contributed by atoms with E-state index < -0.39 is 0 Å². The fourth-order valence-electron chi connectivity index (χ4n) is 0.985. The normalized spacial score (nSPS) is 12.8. The van der Waals surface area contributed by atoms with Crippen molar-refractivity contribution in [2.24, 2.45) is 5.73 Å². The van der Waals surface area contributed by atoms with Gasteiger partial charge in [0, 0.05) is 12.5 Å². The van der Waals surface area contributed by atoms with Crippen LogP contribution in [0.3, 0.4) is 0 Å². The summed E-state index contributed by atoms with van der Waals surface area (Å²) in [5.74, 6) is 0.944. The van der Waals surface area contributed by atoms with E-state index in [0.29, 0.717) is 0 Å². The van der Waals surface area contributed by atoms with Crippen molar-refractivity contribution in [2.75, 3.05) is 0 Å². The van der Waals surface area contributed by atoms with Gasteiger partial charge in [0.05, 0.1) is 6.26 Å². The predicted molar refractivity (Wildman–Crippen MR) is 45.2 cm³/mol. The van der Waals surface area contributed by atoms with Crippen molar-refractivity contribution in [2.45, 2.75) is 18.9 Å². The van der Waals surface area contributed by atoms with E-state index >= 15 is 0 Å². The van der Waals surface area contributed by atoms with Crippen molar-refractivity contribution in [3.8, 4) is 0 Å². The largest absolute Gasteiger partial charge is 0.469 e. The zero-order chi connectivity index (χ0) is 8.10. The van der Waals surface area contributed by atoms with E-state index in [0.717, 1.165) is 18.6 Å². The maximum absolute atomic E-state index is 5.74. The number of hydrogen-bond acceptors (Lipinski definition) is 2. The van der Waals surface area contributed by atoms with Crippen molar-refractivity contribution in [3.05, 3.63) is 36.8 Å². The van der Waals surface area contributed by atoms with Gasteiger partial charge in [0.25, 0.3) is 0 Å². The minimum Gasteiger partial charge on any atom is -0.469 e. The Bertz CT molecular complexity index is 203. The second-order valence-electron chi connectivity index (χ2n) is 2.57. The van der Waals surface area contributed by atoms with Crippen LogP contribution >= 0.6 is 0 Å². The molecule has 1 heterocycles. The van der Waals surface area contributed by atoms with E-state index in [-0.39, 0.29) is 6.04 Å². The molecule has 2 N–H and O–H groups in total. The first-order chi connectivity index (χ1) is 5.33. The highest BCUT2D eigenvalue weighted by Gasteiger charge is 2.02. The minimum atomic E-state index is 0.138. The molecule has 0 aromatic carbocycles. The summed E-state index contributed by atoms with van der Waals surface area (Å²) in [5.41, 5.74) is 5.74. The van der Waals surface area contributed by atoms with Gasteiger partial charge in [-0.1, -0.05) is 6.08 Å². The van der Waals surface area contributed by atoms with Gasteiger partial charge in [0.15, 0.2) is 0 Å². The fourth-order valence-corrected chi connectivity index (χ4v) is 0.985. The van der Waals surface area contributed by atoms with Crippen LogP contribution in [0.1, 0.15) is 12.2 Å². The highest BCUT2D eigenvalue weighted by Crippen LogP contribution is 2.04. The van der Waals surface area contributed by atoms with Crippen LogP contribution in [0.5, 0.6) is 0 Å². The van der Waals surface area contributed by atoms with Crippen molar-refractivity contribution in [1.29, 1.82) is 0 Å². The van der Waals surface area contributed by atoms with Crippen LogP contribution in [-0.4, -0.2) is 6.04 Å². The molecule has 0 amide bonds. The summed E-state index contributed by atoms with van der Waals surface area (Å²) in [7, 11) is 0. The van der Waals surface area contributed by atoms with Gasteiger partial charge in [-0.2, -0.15) is 0 Å². The monoisotopic (exact) mass is 151 g/mol. The molecule has 0 bridgehead atoms. The summed E-state index contributed by atoms with van der Waals surface area (Å²) in [5, 5.41) is 0. The van der Waals surface area contributed by atoms with Crippen LogP contribution in [-0.2, 0) is 6.42 Å². The van der Waals surface area contributed by atoms with Crippen molar-refractivity contribution in [3.63, 3.8) is 0 Å². The van der Waals surface area contributed by atoms with E-state index in [2.05, 4.69) is 6.58 Å². The first kappa shape index (κ1) is 8.08. The lowest BCUT2D eigenvalue weighted by atomic mass is 10.1. The highest BCUT2D eigenvalue weighted by atomic mass is 16.3. The van der Waals surface area contributed by atoms with Gasteiger partial charge in [0.2, 0.25) is 0 Å². The Morgan fingerprint density at radius 3 is 3.09 bits per heavy atom. The maximum Gasteiger partial charge on any atom is 0.105 e. The molecule has 0 spiro atoms. The topological polar surface area (TPSA) is 39.2 Å². The van der Waals surface area contributed by atoms with Crippen molar-refractivity contribution < 1.29 is 4.42 Å². The van der Waals surface area contributed by atoms with Crippen LogP contribution < -0.4 is 5.73 Å². The maximum atomic E-state index is 5.74. The summed E-state index contributed by atoms with van der Waals surface area (Å²) in [6.07, 6.45) is 5.11. The van der Waals surface area contributed by atoms with Gasteiger partial charge in [0.1, 0.15) is 5.76 Å². The minimum absolute atomic E-state index is 0.138. The second kappa shape index (κ2) is 3.98. The summed E-state index contributed by atoms with van der Waals surface area (Å²) >= 11 is 0. The SMILES string of the molecule is C=CCC(N)Cc1ccco1. The predicted octanol–water partition coefficient (Wildman–Crippen LogP) is 1.73. The summed E-state index contributed by atoms with van der Waals surface area (Å²) in [6.45, 7) is 3.62. The molecule has 1 aromatic rings. The number of furan rings is 1. The van der Waals surface area contributed by atoms with Gasteiger partial charge < -0.3 is 10.2 Å². The molecule has 0 saturated heterocycles. The molecule has 1 rings (SSSR count). The Morgan fingerprint density at radius 2 is 2.55 bits per heavy atom. The lowest BCUT2D eigenvalue weighted by Gasteiger charge is -2.04. The van der Waals surface area contributed by atoms with Crippen LogP contribution in [0.2, 0.25) is 0 Å². The first-order valence-electron chi connectivity index (χ1n) is 3.72. The molecule has 0 saturated carbocycles. The molecule has 0 aliphatic rings. The highest BCUT2D eigenvalue weighted by molar-refractivity contribution is 5.00. The molecular weight excluding hydrogens is 138 g/mol. The zero-order valence-electron chi connectivity index (χ0n) is 6.49. The summed E-state index contributed by atoms with van der Waals surface area (Å²) in [4.78, 5) is 0. The lowest BCUT2D eigenvalue weighted by Crippen LogP contribution is -2.21. The third-order valence-corrected chi connectivity index (χ3v) is 1.51. The van der Waals surface area contributed by atoms with Gasteiger partial charge in [-0.05, 0) is 18.6 Å². The molecular formula is C9H13NO. The smallest absolute Gasteiger partial charge is 0.105 e. The van der Waals surface area contributed by atoms with Gasteiger partial charge in [-0.25, -0.2) is 0 Å². The first-order valence-corrected chi connectivity index (χ1v) is 3.72. The van der Waals surface area contributed by atoms with Crippen LogP contribution in [0.15, 0.2) is 35.5 Å². The van der Waals surface area contributed by atoms with Gasteiger partial charge in [-0.15, -0.1) is 6.58 Å². The third-order valence-electron chi connectivity index (χ3n) is 1.51. The molecule has 0 aliphatic carbocycles. The molecule has 11 heavy (non-hydrogen) atoms. The quantitative estimate of drug-likeness (QED) is 0.665. The molecule has 1 aromatic heterocycles. The summed E-state index contributed by atoms with van der Waals surface area (Å²) in [6, 6.07) is 3.94. The Labute approximate surface area is 66.7 Å². The standard InChI is InChI=1S/C9H13NO/c1-2-4-8(10)7-9-5-3-6-11-9/h2-3,5-6,8H,1,4,7,10H2. The fraction of sp³-hybridized carbons (Fsp3) is 0.333. The molecule has 0 fully saturated rings. The molecule has 0 radical (unpaired) electrons. The van der Waals surface area contributed by atoms with E-state index in [1.54, 1.807) is 6.26 Å². The van der Waals surface area contributed by atoms with Gasteiger partial charge in [-0.3, -0.25) is 0 Å². The Hall–Kier alpha value is -1.02. The molecule has 60 valence electrons. The third kappa shape index (κ3) is 2.60. The van der Waals surface area contributed by atoms with Crippen molar-refractivity contribution in [1.82, 2.24) is 0 Å². The van der Waals surface area contributed by atoms with Crippen LogP contribution in [0, 0.1) is 0 Å². The Kier molecular flexibility index (Phi) is 2.93. The number of hydrogen-bond donors (Lipinski definition) is 1. The van der Waals surface area contributed by atoms with E-state index in [4.69, 9.17) is 10.2 Å². The Morgan fingerprint density at radius 1 is 1.73 bits per heavy atom. The number of rotatable bonds is 4. The Balaban J connectivity index is 2.37. The molecule has 0 aliphatic heterocycles. The molecule has 2 nitrogen and oxygen atoms in total.